The first-order valence-electron chi connectivity index (χ1n) is 5.99. The molecule has 21 heavy (non-hydrogen) atoms. The second-order valence-electron chi connectivity index (χ2n) is 4.01. The van der Waals surface area contributed by atoms with Gasteiger partial charge in [0.25, 0.3) is 0 Å². The number of rotatable bonds is 5. The molecule has 0 radical (unpaired) electrons. The quantitative estimate of drug-likeness (QED) is 0.515. The molecule has 1 N–H and O–H groups in total. The van der Waals surface area contributed by atoms with Crippen LogP contribution in [0.4, 0.5) is 18.9 Å². The number of hydrogen-bond acceptors (Lipinski definition) is 4. The van der Waals surface area contributed by atoms with E-state index >= 15 is 0 Å². The molecule has 1 aromatic carbocycles. The minimum atomic E-state index is -4.46. The standard InChI is InChI=1S/C13H14F3NO4/c1-20-7-2-8-21-12(19)11(18)17-10-5-3-9(4-6-10)13(14,15)16/h3-6H,2,7-8H2,1H3,(H,17,18). The number of hydrogen-bond donors (Lipinski definition) is 1. The molecule has 0 atom stereocenters. The van der Waals surface area contributed by atoms with Gasteiger partial charge in [-0.2, -0.15) is 13.2 Å². The Labute approximate surface area is 119 Å². The monoisotopic (exact) mass is 305 g/mol. The van der Waals surface area contributed by atoms with Crippen molar-refractivity contribution >= 4 is 17.6 Å². The van der Waals surface area contributed by atoms with E-state index < -0.39 is 23.6 Å². The molecule has 0 spiro atoms. The van der Waals surface area contributed by atoms with Crippen molar-refractivity contribution in [1.82, 2.24) is 0 Å². The van der Waals surface area contributed by atoms with Gasteiger partial charge in [0, 0.05) is 25.8 Å². The van der Waals surface area contributed by atoms with Crippen molar-refractivity contribution < 1.29 is 32.2 Å². The Morgan fingerprint density at radius 1 is 1.14 bits per heavy atom. The molecule has 1 amide bonds. The Morgan fingerprint density at radius 3 is 2.29 bits per heavy atom. The van der Waals surface area contributed by atoms with Gasteiger partial charge < -0.3 is 14.8 Å². The summed E-state index contributed by atoms with van der Waals surface area (Å²) in [5.74, 6) is -2.15. The summed E-state index contributed by atoms with van der Waals surface area (Å²) in [6.07, 6.45) is -4.02. The molecule has 1 rings (SSSR count). The topological polar surface area (TPSA) is 64.6 Å². The van der Waals surface area contributed by atoms with Crippen LogP contribution < -0.4 is 5.32 Å². The Kier molecular flexibility index (Phi) is 6.16. The number of methoxy groups -OCH3 is 1. The highest BCUT2D eigenvalue weighted by molar-refractivity contribution is 6.37. The van der Waals surface area contributed by atoms with E-state index in [-0.39, 0.29) is 12.3 Å². The minimum absolute atomic E-state index is 0.0209. The highest BCUT2D eigenvalue weighted by atomic mass is 19.4. The molecule has 0 aliphatic carbocycles. The lowest BCUT2D eigenvalue weighted by Gasteiger charge is -2.08. The normalized spacial score (nSPS) is 11.0. The Balaban J connectivity index is 2.49. The molecule has 0 unspecified atom stereocenters. The summed E-state index contributed by atoms with van der Waals surface area (Å²) < 4.78 is 46.4. The molecule has 116 valence electrons. The second-order valence-corrected chi connectivity index (χ2v) is 4.01. The number of anilines is 1. The molecule has 0 saturated heterocycles. The van der Waals surface area contributed by atoms with E-state index in [2.05, 4.69) is 10.1 Å². The van der Waals surface area contributed by atoms with Gasteiger partial charge in [-0.1, -0.05) is 0 Å². The van der Waals surface area contributed by atoms with E-state index in [1.165, 1.54) is 7.11 Å². The summed E-state index contributed by atoms with van der Waals surface area (Å²) in [6.45, 7) is 0.404. The summed E-state index contributed by atoms with van der Waals surface area (Å²) >= 11 is 0. The van der Waals surface area contributed by atoms with Crippen molar-refractivity contribution in [3.63, 3.8) is 0 Å². The first-order valence-corrected chi connectivity index (χ1v) is 5.99. The molecule has 1 aromatic rings. The van der Waals surface area contributed by atoms with Crippen LogP contribution in [0, 0.1) is 0 Å². The molecule has 0 saturated carbocycles. The van der Waals surface area contributed by atoms with Crippen molar-refractivity contribution in [2.24, 2.45) is 0 Å². The predicted octanol–water partition coefficient (Wildman–Crippen LogP) is 2.22. The van der Waals surface area contributed by atoms with Gasteiger partial charge in [-0.15, -0.1) is 0 Å². The van der Waals surface area contributed by atoms with Gasteiger partial charge in [-0.3, -0.25) is 4.79 Å². The molecule has 8 heteroatoms. The fraction of sp³-hybridized carbons (Fsp3) is 0.385. The molecule has 0 bridgehead atoms. The van der Waals surface area contributed by atoms with Crippen molar-refractivity contribution in [1.29, 1.82) is 0 Å². The summed E-state index contributed by atoms with van der Waals surface area (Å²) in [5, 5.41) is 2.15. The third kappa shape index (κ3) is 5.82. The Hall–Kier alpha value is -2.09. The smallest absolute Gasteiger partial charge is 0.416 e. The first kappa shape index (κ1) is 17.0. The number of ether oxygens (including phenoxy) is 2. The third-order valence-electron chi connectivity index (χ3n) is 2.38. The minimum Gasteiger partial charge on any atom is -0.458 e. The molecule has 0 heterocycles. The Morgan fingerprint density at radius 2 is 1.76 bits per heavy atom. The van der Waals surface area contributed by atoms with E-state index in [0.29, 0.717) is 13.0 Å². The number of benzene rings is 1. The molecule has 0 fully saturated rings. The average molecular weight is 305 g/mol. The third-order valence-corrected chi connectivity index (χ3v) is 2.38. The maximum absolute atomic E-state index is 12.3. The lowest BCUT2D eigenvalue weighted by Crippen LogP contribution is -2.25. The van der Waals surface area contributed by atoms with Crippen molar-refractivity contribution in [2.45, 2.75) is 12.6 Å². The highest BCUT2D eigenvalue weighted by Gasteiger charge is 2.30. The largest absolute Gasteiger partial charge is 0.458 e. The molecular formula is C13H14F3NO4. The number of alkyl halides is 3. The van der Waals surface area contributed by atoms with Gasteiger partial charge in [-0.25, -0.2) is 4.79 Å². The van der Waals surface area contributed by atoms with E-state index in [1.807, 2.05) is 0 Å². The first-order chi connectivity index (χ1) is 9.84. The SMILES string of the molecule is COCCCOC(=O)C(=O)Nc1ccc(C(F)(F)F)cc1. The summed E-state index contributed by atoms with van der Waals surface area (Å²) in [4.78, 5) is 22.7. The molecular weight excluding hydrogens is 291 g/mol. The zero-order chi connectivity index (χ0) is 15.9. The lowest BCUT2D eigenvalue weighted by atomic mass is 10.2. The van der Waals surface area contributed by atoms with Gasteiger partial charge in [0.1, 0.15) is 0 Å². The number of halogens is 3. The summed E-state index contributed by atoms with van der Waals surface area (Å²) in [5.41, 5.74) is -0.774. The maximum atomic E-state index is 12.3. The van der Waals surface area contributed by atoms with Crippen molar-refractivity contribution in [3.8, 4) is 0 Å². The van der Waals surface area contributed by atoms with Crippen LogP contribution in [0.1, 0.15) is 12.0 Å². The van der Waals surface area contributed by atoms with Crippen LogP contribution in [-0.2, 0) is 25.2 Å². The molecule has 0 aromatic heterocycles. The number of esters is 1. The number of carbonyl (C=O) groups excluding carboxylic acids is 2. The van der Waals surface area contributed by atoms with E-state index in [1.54, 1.807) is 0 Å². The van der Waals surface area contributed by atoms with E-state index in [4.69, 9.17) is 4.74 Å². The highest BCUT2D eigenvalue weighted by Crippen LogP contribution is 2.29. The number of amides is 1. The van der Waals surface area contributed by atoms with Crippen LogP contribution in [0.3, 0.4) is 0 Å². The van der Waals surface area contributed by atoms with Crippen LogP contribution in [0.25, 0.3) is 0 Å². The molecule has 5 nitrogen and oxygen atoms in total. The summed E-state index contributed by atoms with van der Waals surface area (Å²) in [6, 6.07) is 3.72. The van der Waals surface area contributed by atoms with Crippen LogP contribution in [0.15, 0.2) is 24.3 Å². The zero-order valence-corrected chi connectivity index (χ0v) is 11.2. The van der Waals surface area contributed by atoms with Crippen LogP contribution in [0.5, 0.6) is 0 Å². The second kappa shape index (κ2) is 7.63. The maximum Gasteiger partial charge on any atom is 0.416 e. The fourth-order valence-electron chi connectivity index (χ4n) is 1.36. The molecule has 0 aliphatic rings. The molecule has 0 aliphatic heterocycles. The number of carbonyl (C=O) groups is 2. The van der Waals surface area contributed by atoms with Gasteiger partial charge in [0.05, 0.1) is 12.2 Å². The van der Waals surface area contributed by atoms with E-state index in [9.17, 15) is 22.8 Å². The van der Waals surface area contributed by atoms with Gasteiger partial charge in [0.2, 0.25) is 0 Å². The van der Waals surface area contributed by atoms with Gasteiger partial charge in [0.15, 0.2) is 0 Å². The lowest BCUT2D eigenvalue weighted by molar-refractivity contribution is -0.152. The van der Waals surface area contributed by atoms with Crippen LogP contribution in [-0.4, -0.2) is 32.2 Å². The van der Waals surface area contributed by atoms with E-state index in [0.717, 1.165) is 24.3 Å². The Bertz CT molecular complexity index is 485. The fourth-order valence-corrected chi connectivity index (χ4v) is 1.36. The van der Waals surface area contributed by atoms with Gasteiger partial charge in [-0.05, 0) is 24.3 Å². The summed E-state index contributed by atoms with van der Waals surface area (Å²) in [7, 11) is 1.49. The van der Waals surface area contributed by atoms with Crippen LogP contribution >= 0.6 is 0 Å². The zero-order valence-electron chi connectivity index (χ0n) is 11.2. The predicted molar refractivity (Wildman–Crippen MR) is 67.5 cm³/mol. The van der Waals surface area contributed by atoms with Crippen molar-refractivity contribution in [3.05, 3.63) is 29.8 Å². The van der Waals surface area contributed by atoms with Crippen molar-refractivity contribution in [2.75, 3.05) is 25.6 Å². The number of nitrogens with one attached hydrogen (secondary N) is 1. The average Bonchev–Trinajstić information content (AvgIpc) is 2.43. The van der Waals surface area contributed by atoms with Gasteiger partial charge >= 0.3 is 18.1 Å². The van der Waals surface area contributed by atoms with Crippen LogP contribution in [0.2, 0.25) is 0 Å².